The van der Waals surface area contributed by atoms with E-state index >= 15 is 0 Å². The van der Waals surface area contributed by atoms with Gasteiger partial charge in [0, 0.05) is 23.3 Å². The van der Waals surface area contributed by atoms with Crippen LogP contribution >= 0.6 is 0 Å². The molecule has 0 N–H and O–H groups in total. The Hall–Kier alpha value is -1.96. The Morgan fingerprint density at radius 1 is 0.812 bits per heavy atom. The first-order valence-electron chi connectivity index (χ1n) is 5.33. The van der Waals surface area contributed by atoms with E-state index in [1.807, 2.05) is 47.8 Å². The van der Waals surface area contributed by atoms with Gasteiger partial charge in [-0.15, -0.1) is 0 Å². The normalized spacial score (nSPS) is 10.9. The maximum atomic E-state index is 2.12. The van der Waals surface area contributed by atoms with Crippen molar-refractivity contribution in [3.8, 4) is 0 Å². The first-order chi connectivity index (χ1) is 7.74. The van der Waals surface area contributed by atoms with Crippen LogP contribution < -0.4 is 9.13 Å². The predicted octanol–water partition coefficient (Wildman–Crippen LogP) is 1.51. The predicted molar refractivity (Wildman–Crippen MR) is 64.2 cm³/mol. The molecule has 2 nitrogen and oxygen atoms in total. The van der Waals surface area contributed by atoms with E-state index in [1.54, 1.807) is 0 Å². The fourth-order valence-electron chi connectivity index (χ4n) is 1.61. The van der Waals surface area contributed by atoms with Gasteiger partial charge in [-0.05, 0) is 24.3 Å². The zero-order chi connectivity index (χ0) is 11.4. The average Bonchev–Trinajstić information content (AvgIpc) is 2.27. The largest absolute Gasteiger partial charge is 0.207 e. The molecule has 80 valence electrons. The Labute approximate surface area is 96.1 Å². The number of hydrogen-bond acceptors (Lipinski definition) is 0. The highest BCUT2D eigenvalue weighted by atomic mass is 14.9. The Kier molecular flexibility index (Phi) is 3.10. The molecule has 0 atom stereocenters. The fraction of sp³-hybridized carbons (Fsp3) is 0.143. The van der Waals surface area contributed by atoms with Crippen LogP contribution in [0.5, 0.6) is 0 Å². The molecule has 16 heavy (non-hydrogen) atoms. The molecule has 2 heterocycles. The molecule has 2 aromatic rings. The van der Waals surface area contributed by atoms with Crippen LogP contribution in [0.15, 0.2) is 49.1 Å². The third kappa shape index (κ3) is 2.76. The highest BCUT2D eigenvalue weighted by Crippen LogP contribution is 2.03. The molecule has 0 fully saturated rings. The fourth-order valence-corrected chi connectivity index (χ4v) is 1.61. The molecule has 2 aromatic heterocycles. The molecule has 2 rings (SSSR count). The number of aromatic nitrogens is 2. The van der Waals surface area contributed by atoms with Crippen LogP contribution in [0, 0.1) is 0 Å². The zero-order valence-electron chi connectivity index (χ0n) is 9.67. The van der Waals surface area contributed by atoms with E-state index in [-0.39, 0.29) is 0 Å². The van der Waals surface area contributed by atoms with Crippen molar-refractivity contribution in [3.05, 3.63) is 60.2 Å². The second kappa shape index (κ2) is 4.71. The van der Waals surface area contributed by atoms with Crippen LogP contribution in [0.3, 0.4) is 0 Å². The van der Waals surface area contributed by atoms with Crippen molar-refractivity contribution >= 4 is 12.2 Å². The topological polar surface area (TPSA) is 7.76 Å². The van der Waals surface area contributed by atoms with Gasteiger partial charge >= 0.3 is 0 Å². The summed E-state index contributed by atoms with van der Waals surface area (Å²) < 4.78 is 4.09. The van der Waals surface area contributed by atoms with Crippen LogP contribution in [0.25, 0.3) is 12.2 Å². The SMILES string of the molecule is C[n+]1cccc(/C=C/c2ccc[n+](C)c2)c1. The second-order valence-electron chi connectivity index (χ2n) is 3.94. The molecule has 0 saturated heterocycles. The molecule has 0 spiro atoms. The van der Waals surface area contributed by atoms with E-state index in [0.717, 1.165) is 0 Å². The zero-order valence-corrected chi connectivity index (χ0v) is 9.67. The minimum absolute atomic E-state index is 1.21. The molecule has 0 aliphatic heterocycles. The summed E-state index contributed by atoms with van der Waals surface area (Å²) in [5.41, 5.74) is 2.41. The minimum Gasteiger partial charge on any atom is -0.207 e. The standard InChI is InChI=1S/C14H16N2/c1-15-9-3-5-13(11-15)7-8-14-6-4-10-16(2)12-14/h3-12H,1-2H3/q+2/b8-7+. The lowest BCUT2D eigenvalue weighted by Crippen LogP contribution is -2.26. The van der Waals surface area contributed by atoms with Gasteiger partial charge in [0.25, 0.3) is 0 Å². The van der Waals surface area contributed by atoms with E-state index in [0.29, 0.717) is 0 Å². The van der Waals surface area contributed by atoms with E-state index in [4.69, 9.17) is 0 Å². The lowest BCUT2D eigenvalue weighted by molar-refractivity contribution is -0.671. The van der Waals surface area contributed by atoms with Gasteiger partial charge in [-0.25, -0.2) is 9.13 Å². The number of pyridine rings is 2. The van der Waals surface area contributed by atoms with Gasteiger partial charge in [-0.3, -0.25) is 0 Å². The van der Waals surface area contributed by atoms with E-state index in [2.05, 4.69) is 36.7 Å². The van der Waals surface area contributed by atoms with Crippen molar-refractivity contribution in [1.82, 2.24) is 0 Å². The highest BCUT2D eigenvalue weighted by molar-refractivity contribution is 5.68. The summed E-state index contributed by atoms with van der Waals surface area (Å²) in [6, 6.07) is 8.29. The minimum atomic E-state index is 1.21. The van der Waals surface area contributed by atoms with E-state index in [9.17, 15) is 0 Å². The summed E-state index contributed by atoms with van der Waals surface area (Å²) in [5, 5.41) is 0. The summed E-state index contributed by atoms with van der Waals surface area (Å²) in [7, 11) is 4.06. The van der Waals surface area contributed by atoms with Crippen molar-refractivity contribution in [2.75, 3.05) is 0 Å². The lowest BCUT2D eigenvalue weighted by Gasteiger charge is -1.92. The van der Waals surface area contributed by atoms with Crippen LogP contribution in [-0.2, 0) is 14.1 Å². The first kappa shape index (κ1) is 10.6. The molecule has 0 unspecified atom stereocenters. The molecule has 0 amide bonds. The maximum absolute atomic E-state index is 2.12. The molecule has 0 radical (unpaired) electrons. The smallest absolute Gasteiger partial charge is 0.175 e. The van der Waals surface area contributed by atoms with Crippen molar-refractivity contribution < 1.29 is 9.13 Å². The molecular formula is C14H16N2+2. The Morgan fingerprint density at radius 3 is 1.62 bits per heavy atom. The van der Waals surface area contributed by atoms with Gasteiger partial charge in [0.15, 0.2) is 24.8 Å². The molecule has 0 aliphatic carbocycles. The van der Waals surface area contributed by atoms with Crippen molar-refractivity contribution in [2.24, 2.45) is 14.1 Å². The number of aryl methyl sites for hydroxylation is 2. The monoisotopic (exact) mass is 212 g/mol. The highest BCUT2D eigenvalue weighted by Gasteiger charge is 1.95. The quantitative estimate of drug-likeness (QED) is 0.667. The molecule has 0 bridgehead atoms. The summed E-state index contributed by atoms with van der Waals surface area (Å²) in [5.74, 6) is 0. The summed E-state index contributed by atoms with van der Waals surface area (Å²) in [6.45, 7) is 0. The van der Waals surface area contributed by atoms with Gasteiger partial charge in [0.2, 0.25) is 0 Å². The third-order valence-electron chi connectivity index (χ3n) is 2.39. The van der Waals surface area contributed by atoms with Gasteiger partial charge in [0.05, 0.1) is 0 Å². The van der Waals surface area contributed by atoms with Crippen LogP contribution in [0.1, 0.15) is 11.1 Å². The van der Waals surface area contributed by atoms with E-state index < -0.39 is 0 Å². The van der Waals surface area contributed by atoms with Crippen LogP contribution in [-0.4, -0.2) is 0 Å². The molecule has 0 aliphatic rings. The van der Waals surface area contributed by atoms with Gasteiger partial charge < -0.3 is 0 Å². The van der Waals surface area contributed by atoms with Crippen LogP contribution in [0.4, 0.5) is 0 Å². The molecular weight excluding hydrogens is 196 g/mol. The third-order valence-corrected chi connectivity index (χ3v) is 2.39. The van der Waals surface area contributed by atoms with Crippen molar-refractivity contribution in [3.63, 3.8) is 0 Å². The van der Waals surface area contributed by atoms with E-state index in [1.165, 1.54) is 11.1 Å². The number of hydrogen-bond donors (Lipinski definition) is 0. The maximum Gasteiger partial charge on any atom is 0.175 e. The van der Waals surface area contributed by atoms with Gasteiger partial charge in [0.1, 0.15) is 14.1 Å². The van der Waals surface area contributed by atoms with Crippen molar-refractivity contribution in [2.45, 2.75) is 0 Å². The number of rotatable bonds is 2. The first-order valence-corrected chi connectivity index (χ1v) is 5.33. The Bertz CT molecular complexity index is 468. The second-order valence-corrected chi connectivity index (χ2v) is 3.94. The van der Waals surface area contributed by atoms with Crippen molar-refractivity contribution in [1.29, 1.82) is 0 Å². The van der Waals surface area contributed by atoms with Gasteiger partial charge in [-0.1, -0.05) is 0 Å². The number of nitrogens with zero attached hydrogens (tertiary/aromatic N) is 2. The summed E-state index contributed by atoms with van der Waals surface area (Å²) >= 11 is 0. The summed E-state index contributed by atoms with van der Waals surface area (Å²) in [4.78, 5) is 0. The average molecular weight is 212 g/mol. The Morgan fingerprint density at radius 2 is 1.25 bits per heavy atom. The summed E-state index contributed by atoms with van der Waals surface area (Å²) in [6.07, 6.45) is 12.5. The van der Waals surface area contributed by atoms with Gasteiger partial charge in [-0.2, -0.15) is 0 Å². The molecule has 0 aromatic carbocycles. The molecule has 2 heteroatoms. The lowest BCUT2D eigenvalue weighted by atomic mass is 10.2. The molecule has 0 saturated carbocycles. The van der Waals surface area contributed by atoms with Crippen LogP contribution in [0.2, 0.25) is 0 Å². The Balaban J connectivity index is 2.21.